The summed E-state index contributed by atoms with van der Waals surface area (Å²) >= 11 is 0. The first kappa shape index (κ1) is 24.3. The van der Waals surface area contributed by atoms with Crippen molar-refractivity contribution in [3.8, 4) is 5.75 Å². The van der Waals surface area contributed by atoms with Crippen molar-refractivity contribution in [2.45, 2.75) is 32.6 Å². The van der Waals surface area contributed by atoms with Crippen LogP contribution in [0.4, 0.5) is 17.1 Å². The molecule has 0 aliphatic heterocycles. The average molecular weight is 424 g/mol. The number of hydrogen-bond donors (Lipinski definition) is 3. The van der Waals surface area contributed by atoms with E-state index < -0.39 is 10.1 Å². The summed E-state index contributed by atoms with van der Waals surface area (Å²) in [5.74, 6) is 0.367. The molecule has 0 spiro atoms. The predicted octanol–water partition coefficient (Wildman–Crippen LogP) is 3.41. The summed E-state index contributed by atoms with van der Waals surface area (Å²) in [6.45, 7) is 9.93. The van der Waals surface area contributed by atoms with Crippen LogP contribution in [-0.4, -0.2) is 38.6 Å². The second kappa shape index (κ2) is 11.3. The van der Waals surface area contributed by atoms with Gasteiger partial charge in [0.2, 0.25) is 5.91 Å². The van der Waals surface area contributed by atoms with Crippen molar-refractivity contribution >= 4 is 33.1 Å². The first-order chi connectivity index (χ1) is 13.6. The lowest BCUT2D eigenvalue weighted by molar-refractivity contribution is -0.114. The van der Waals surface area contributed by atoms with E-state index in [0.717, 1.165) is 30.5 Å². The number of hydrogen-bond acceptors (Lipinski definition) is 6. The SMILES string of the molecule is CCN(CC)c1cccc(NC(C)=O)c1.CCOc1ccc(S(=O)(=O)O)cc1N. The van der Waals surface area contributed by atoms with E-state index in [-0.39, 0.29) is 16.5 Å². The molecule has 0 radical (unpaired) electrons. The van der Waals surface area contributed by atoms with Gasteiger partial charge in [0.05, 0.1) is 17.2 Å². The van der Waals surface area contributed by atoms with Crippen molar-refractivity contribution in [1.82, 2.24) is 0 Å². The summed E-state index contributed by atoms with van der Waals surface area (Å²) in [4.78, 5) is 12.9. The van der Waals surface area contributed by atoms with Crippen molar-refractivity contribution in [2.24, 2.45) is 0 Å². The molecule has 29 heavy (non-hydrogen) atoms. The van der Waals surface area contributed by atoms with E-state index in [4.69, 9.17) is 15.0 Å². The minimum Gasteiger partial charge on any atom is -0.492 e. The van der Waals surface area contributed by atoms with Crippen molar-refractivity contribution in [1.29, 1.82) is 0 Å². The highest BCUT2D eigenvalue weighted by Crippen LogP contribution is 2.24. The third kappa shape index (κ3) is 8.00. The molecule has 2 rings (SSSR count). The lowest BCUT2D eigenvalue weighted by Gasteiger charge is -2.21. The summed E-state index contributed by atoms with van der Waals surface area (Å²) in [6, 6.07) is 11.7. The maximum atomic E-state index is 10.9. The van der Waals surface area contributed by atoms with E-state index in [1.165, 1.54) is 19.1 Å². The Morgan fingerprint density at radius 3 is 2.28 bits per heavy atom. The Morgan fingerprint density at radius 2 is 1.79 bits per heavy atom. The molecule has 160 valence electrons. The smallest absolute Gasteiger partial charge is 0.294 e. The zero-order valence-corrected chi connectivity index (χ0v) is 18.0. The Labute approximate surface area is 172 Å². The third-order valence-corrected chi connectivity index (χ3v) is 4.72. The Kier molecular flexibility index (Phi) is 9.43. The molecule has 0 aromatic heterocycles. The Bertz CT molecular complexity index is 912. The first-order valence-electron chi connectivity index (χ1n) is 9.24. The van der Waals surface area contributed by atoms with Gasteiger partial charge in [-0.1, -0.05) is 6.07 Å². The van der Waals surface area contributed by atoms with Crippen LogP contribution in [0.1, 0.15) is 27.7 Å². The van der Waals surface area contributed by atoms with Crippen molar-refractivity contribution in [3.63, 3.8) is 0 Å². The molecule has 1 amide bonds. The highest BCUT2D eigenvalue weighted by atomic mass is 32.2. The fourth-order valence-corrected chi connectivity index (χ4v) is 3.06. The molecule has 0 saturated heterocycles. The Balaban J connectivity index is 0.000000291. The Morgan fingerprint density at radius 1 is 1.14 bits per heavy atom. The van der Waals surface area contributed by atoms with Crippen LogP contribution in [0.5, 0.6) is 5.75 Å². The van der Waals surface area contributed by atoms with Crippen LogP contribution in [0.15, 0.2) is 47.4 Å². The number of ether oxygens (including phenoxy) is 1. The summed E-state index contributed by atoms with van der Waals surface area (Å²) in [5, 5.41) is 2.78. The highest BCUT2D eigenvalue weighted by molar-refractivity contribution is 7.85. The number of nitrogen functional groups attached to an aromatic ring is 1. The number of nitrogens with zero attached hydrogens (tertiary/aromatic N) is 1. The molecule has 8 nitrogen and oxygen atoms in total. The van der Waals surface area contributed by atoms with Gasteiger partial charge >= 0.3 is 0 Å². The van der Waals surface area contributed by atoms with Gasteiger partial charge in [0.1, 0.15) is 5.75 Å². The number of amides is 1. The highest BCUT2D eigenvalue weighted by Gasteiger charge is 2.11. The third-order valence-electron chi connectivity index (χ3n) is 3.87. The van der Waals surface area contributed by atoms with Crippen molar-refractivity contribution in [2.75, 3.05) is 35.6 Å². The van der Waals surface area contributed by atoms with Crippen LogP contribution < -0.4 is 20.7 Å². The molecule has 0 fully saturated rings. The minimum absolute atomic E-state index is 0.0355. The summed E-state index contributed by atoms with van der Waals surface area (Å²) < 4.78 is 35.2. The molecule has 0 aliphatic rings. The fraction of sp³-hybridized carbons (Fsp3) is 0.350. The fourth-order valence-electron chi connectivity index (χ4n) is 2.55. The Hall–Kier alpha value is -2.78. The van der Waals surface area contributed by atoms with Crippen LogP contribution in [0.2, 0.25) is 0 Å². The van der Waals surface area contributed by atoms with Crippen molar-refractivity contribution < 1.29 is 22.5 Å². The normalized spacial score (nSPS) is 10.5. The molecule has 2 aromatic carbocycles. The molecule has 0 heterocycles. The molecule has 0 atom stereocenters. The number of carbonyl (C=O) groups excluding carboxylic acids is 1. The van der Waals surface area contributed by atoms with Gasteiger partial charge in [-0.05, 0) is 57.2 Å². The van der Waals surface area contributed by atoms with Gasteiger partial charge in [-0.2, -0.15) is 8.42 Å². The maximum Gasteiger partial charge on any atom is 0.294 e. The van der Waals surface area contributed by atoms with Crippen LogP contribution in [-0.2, 0) is 14.9 Å². The standard InChI is InChI=1S/C12H18N2O.C8H11NO4S/c1-4-14(5-2)12-8-6-7-11(9-12)13-10(3)15;1-2-13-8-4-3-6(5-7(8)9)14(10,11)12/h6-9H,4-5H2,1-3H3,(H,13,15);3-5H,2,9H2,1H3,(H,10,11,12). The van der Waals surface area contributed by atoms with E-state index in [1.54, 1.807) is 6.92 Å². The summed E-state index contributed by atoms with van der Waals surface area (Å²) in [7, 11) is -4.19. The number of benzene rings is 2. The molecular formula is C20H29N3O5S. The van der Waals surface area contributed by atoms with Crippen LogP contribution >= 0.6 is 0 Å². The van der Waals surface area contributed by atoms with Gasteiger partial charge in [0, 0.05) is 31.4 Å². The maximum absolute atomic E-state index is 10.9. The largest absolute Gasteiger partial charge is 0.492 e. The lowest BCUT2D eigenvalue weighted by Crippen LogP contribution is -2.21. The van der Waals surface area contributed by atoms with Gasteiger partial charge < -0.3 is 20.7 Å². The van der Waals surface area contributed by atoms with E-state index >= 15 is 0 Å². The van der Waals surface area contributed by atoms with Crippen LogP contribution in [0.25, 0.3) is 0 Å². The quantitative estimate of drug-likeness (QED) is 0.461. The van der Waals surface area contributed by atoms with Gasteiger partial charge in [0.15, 0.2) is 0 Å². The number of carbonyl (C=O) groups is 1. The lowest BCUT2D eigenvalue weighted by atomic mass is 10.2. The molecule has 0 saturated carbocycles. The molecule has 4 N–H and O–H groups in total. The molecule has 9 heteroatoms. The van der Waals surface area contributed by atoms with Gasteiger partial charge in [-0.3, -0.25) is 9.35 Å². The zero-order chi connectivity index (χ0) is 22.0. The number of nitrogens with one attached hydrogen (secondary N) is 1. The molecule has 0 unspecified atom stereocenters. The van der Waals surface area contributed by atoms with Crippen LogP contribution in [0, 0.1) is 0 Å². The van der Waals surface area contributed by atoms with Gasteiger partial charge in [-0.15, -0.1) is 0 Å². The van der Waals surface area contributed by atoms with E-state index in [2.05, 4.69) is 30.1 Å². The van der Waals surface area contributed by atoms with Crippen LogP contribution in [0.3, 0.4) is 0 Å². The van der Waals surface area contributed by atoms with Crippen molar-refractivity contribution in [3.05, 3.63) is 42.5 Å². The first-order valence-corrected chi connectivity index (χ1v) is 10.7. The topological polar surface area (TPSA) is 122 Å². The number of anilines is 3. The monoisotopic (exact) mass is 423 g/mol. The molecule has 2 aromatic rings. The molecule has 0 bridgehead atoms. The molecular weight excluding hydrogens is 394 g/mol. The van der Waals surface area contributed by atoms with E-state index in [1.807, 2.05) is 18.2 Å². The van der Waals surface area contributed by atoms with E-state index in [9.17, 15) is 13.2 Å². The van der Waals surface area contributed by atoms with E-state index in [0.29, 0.717) is 12.4 Å². The second-order valence-corrected chi connectivity index (χ2v) is 7.43. The minimum atomic E-state index is -4.19. The zero-order valence-electron chi connectivity index (χ0n) is 17.2. The number of rotatable bonds is 7. The van der Waals surface area contributed by atoms with Gasteiger partial charge in [-0.25, -0.2) is 0 Å². The average Bonchev–Trinajstić information content (AvgIpc) is 2.64. The number of nitrogens with two attached hydrogens (primary N) is 1. The predicted molar refractivity (Wildman–Crippen MR) is 116 cm³/mol. The summed E-state index contributed by atoms with van der Waals surface area (Å²) in [6.07, 6.45) is 0. The van der Waals surface area contributed by atoms with Gasteiger partial charge in [0.25, 0.3) is 10.1 Å². The summed E-state index contributed by atoms with van der Waals surface area (Å²) in [5.41, 5.74) is 7.68. The second-order valence-electron chi connectivity index (χ2n) is 6.01. The molecule has 0 aliphatic carbocycles.